The van der Waals surface area contributed by atoms with E-state index in [0.29, 0.717) is 0 Å². The Hall–Kier alpha value is -0.950. The molecule has 1 aromatic carbocycles. The number of rotatable bonds is 5. The Labute approximate surface area is 115 Å². The number of alkyl halides is 1. The molecule has 1 heterocycles. The van der Waals surface area contributed by atoms with E-state index in [2.05, 4.69) is 9.71 Å². The lowest BCUT2D eigenvalue weighted by Crippen LogP contribution is -2.22. The number of nitrogens with zero attached hydrogens (tertiary/aromatic N) is 1. The highest BCUT2D eigenvalue weighted by molar-refractivity contribution is 7.89. The summed E-state index contributed by atoms with van der Waals surface area (Å²) >= 11 is 7.09. The van der Waals surface area contributed by atoms with Crippen LogP contribution in [0.4, 0.5) is 0 Å². The predicted molar refractivity (Wildman–Crippen MR) is 72.1 cm³/mol. The van der Waals surface area contributed by atoms with Crippen molar-refractivity contribution >= 4 is 33.0 Å². The number of thiazole rings is 1. The first-order valence-electron chi connectivity index (χ1n) is 5.14. The van der Waals surface area contributed by atoms with Gasteiger partial charge in [0, 0.05) is 23.5 Å². The van der Waals surface area contributed by atoms with Gasteiger partial charge in [0.25, 0.3) is 0 Å². The van der Waals surface area contributed by atoms with E-state index in [1.165, 1.54) is 11.3 Å². The van der Waals surface area contributed by atoms with Crippen molar-refractivity contribution in [1.82, 2.24) is 9.71 Å². The molecule has 0 saturated heterocycles. The van der Waals surface area contributed by atoms with Crippen molar-refractivity contribution in [3.63, 3.8) is 0 Å². The molecule has 7 heteroatoms. The average molecular weight is 303 g/mol. The van der Waals surface area contributed by atoms with Gasteiger partial charge < -0.3 is 0 Å². The van der Waals surface area contributed by atoms with E-state index in [4.69, 9.17) is 11.6 Å². The van der Waals surface area contributed by atoms with Gasteiger partial charge in [-0.1, -0.05) is 12.1 Å². The number of benzene rings is 1. The first kappa shape index (κ1) is 13.5. The Morgan fingerprint density at radius 2 is 2.22 bits per heavy atom. The SMILES string of the molecule is O=S(=O)(NCc1cncs1)c1cccc(CCl)c1. The Bertz CT molecular complexity index is 612. The number of hydrogen-bond acceptors (Lipinski definition) is 4. The summed E-state index contributed by atoms with van der Waals surface area (Å²) in [5, 5.41) is 0. The fraction of sp³-hybridized carbons (Fsp3) is 0.182. The van der Waals surface area contributed by atoms with Gasteiger partial charge in [-0.2, -0.15) is 0 Å². The van der Waals surface area contributed by atoms with Gasteiger partial charge in [0.15, 0.2) is 0 Å². The molecule has 0 fully saturated rings. The zero-order valence-electron chi connectivity index (χ0n) is 9.34. The second-order valence-corrected chi connectivity index (χ2v) is 6.58. The molecular weight excluding hydrogens is 292 g/mol. The lowest BCUT2D eigenvalue weighted by atomic mass is 10.2. The van der Waals surface area contributed by atoms with Crippen LogP contribution in [0, 0.1) is 0 Å². The minimum Gasteiger partial charge on any atom is -0.253 e. The van der Waals surface area contributed by atoms with E-state index >= 15 is 0 Å². The van der Waals surface area contributed by atoms with Crippen LogP contribution in [-0.4, -0.2) is 13.4 Å². The molecule has 18 heavy (non-hydrogen) atoms. The van der Waals surface area contributed by atoms with Gasteiger partial charge in [-0.05, 0) is 17.7 Å². The lowest BCUT2D eigenvalue weighted by molar-refractivity contribution is 0.581. The molecule has 0 radical (unpaired) electrons. The molecule has 0 aliphatic rings. The Morgan fingerprint density at radius 3 is 2.89 bits per heavy atom. The standard InChI is InChI=1S/C11H11ClN2O2S2/c12-5-9-2-1-3-11(4-9)18(15,16)14-7-10-6-13-8-17-10/h1-4,6,8,14H,5,7H2. The fourth-order valence-electron chi connectivity index (χ4n) is 1.37. The summed E-state index contributed by atoms with van der Waals surface area (Å²) in [4.78, 5) is 4.98. The molecule has 0 unspecified atom stereocenters. The van der Waals surface area contributed by atoms with Gasteiger partial charge in [-0.15, -0.1) is 22.9 Å². The summed E-state index contributed by atoms with van der Waals surface area (Å²) in [7, 11) is -3.50. The number of nitrogens with one attached hydrogen (secondary N) is 1. The zero-order chi connectivity index (χ0) is 13.0. The van der Waals surface area contributed by atoms with Crippen LogP contribution in [0.5, 0.6) is 0 Å². The zero-order valence-corrected chi connectivity index (χ0v) is 11.7. The van der Waals surface area contributed by atoms with E-state index < -0.39 is 10.0 Å². The number of halogens is 1. The van der Waals surface area contributed by atoms with Crippen molar-refractivity contribution in [3.05, 3.63) is 46.4 Å². The van der Waals surface area contributed by atoms with Crippen LogP contribution in [0.1, 0.15) is 10.4 Å². The normalized spacial score (nSPS) is 11.6. The molecule has 1 aromatic heterocycles. The van der Waals surface area contributed by atoms with Crippen LogP contribution in [-0.2, 0) is 22.4 Å². The molecule has 0 atom stereocenters. The lowest BCUT2D eigenvalue weighted by Gasteiger charge is -2.06. The fourth-order valence-corrected chi connectivity index (χ4v) is 3.24. The van der Waals surface area contributed by atoms with E-state index in [1.54, 1.807) is 36.0 Å². The van der Waals surface area contributed by atoms with Gasteiger partial charge >= 0.3 is 0 Å². The van der Waals surface area contributed by atoms with Crippen molar-refractivity contribution < 1.29 is 8.42 Å². The summed E-state index contributed by atoms with van der Waals surface area (Å²) in [6.45, 7) is 0.248. The van der Waals surface area contributed by atoms with Gasteiger partial charge in [0.1, 0.15) is 0 Å². The Kier molecular flexibility index (Phi) is 4.34. The van der Waals surface area contributed by atoms with E-state index in [0.717, 1.165) is 10.4 Å². The topological polar surface area (TPSA) is 59.1 Å². The average Bonchev–Trinajstić information content (AvgIpc) is 2.90. The minimum atomic E-state index is -3.50. The third kappa shape index (κ3) is 3.29. The van der Waals surface area contributed by atoms with Crippen molar-refractivity contribution in [1.29, 1.82) is 0 Å². The van der Waals surface area contributed by atoms with Crippen LogP contribution < -0.4 is 4.72 Å². The summed E-state index contributed by atoms with van der Waals surface area (Å²) in [6.07, 6.45) is 1.64. The number of sulfonamides is 1. The summed E-state index contributed by atoms with van der Waals surface area (Å²) in [5.41, 5.74) is 2.44. The van der Waals surface area contributed by atoms with E-state index in [-0.39, 0.29) is 17.3 Å². The predicted octanol–water partition coefficient (Wildman–Crippen LogP) is 2.36. The second-order valence-electron chi connectivity index (χ2n) is 3.57. The molecule has 2 rings (SSSR count). The first-order valence-corrected chi connectivity index (χ1v) is 8.03. The molecule has 2 aromatic rings. The van der Waals surface area contributed by atoms with Gasteiger partial charge in [0.05, 0.1) is 10.4 Å². The molecule has 0 saturated carbocycles. The quantitative estimate of drug-likeness (QED) is 0.863. The highest BCUT2D eigenvalue weighted by Crippen LogP contribution is 2.14. The van der Waals surface area contributed by atoms with E-state index in [1.807, 2.05) is 0 Å². The van der Waals surface area contributed by atoms with Crippen molar-refractivity contribution in [2.45, 2.75) is 17.3 Å². The Balaban J connectivity index is 2.14. The smallest absolute Gasteiger partial charge is 0.240 e. The monoisotopic (exact) mass is 302 g/mol. The van der Waals surface area contributed by atoms with Crippen molar-refractivity contribution in [2.75, 3.05) is 0 Å². The Morgan fingerprint density at radius 1 is 1.39 bits per heavy atom. The number of aromatic nitrogens is 1. The molecule has 4 nitrogen and oxygen atoms in total. The molecular formula is C11H11ClN2O2S2. The first-order chi connectivity index (χ1) is 8.62. The van der Waals surface area contributed by atoms with Gasteiger partial charge in [-0.3, -0.25) is 4.98 Å². The highest BCUT2D eigenvalue weighted by Gasteiger charge is 2.14. The van der Waals surface area contributed by atoms with Crippen LogP contribution in [0.15, 0.2) is 40.9 Å². The van der Waals surface area contributed by atoms with Crippen LogP contribution in [0.25, 0.3) is 0 Å². The second kappa shape index (κ2) is 5.79. The number of hydrogen-bond donors (Lipinski definition) is 1. The maximum absolute atomic E-state index is 12.0. The largest absolute Gasteiger partial charge is 0.253 e. The molecule has 0 amide bonds. The summed E-state index contributed by atoms with van der Waals surface area (Å²) in [6, 6.07) is 6.58. The van der Waals surface area contributed by atoms with Crippen LogP contribution >= 0.6 is 22.9 Å². The molecule has 0 aliphatic carbocycles. The third-order valence-corrected chi connectivity index (χ3v) is 4.77. The summed E-state index contributed by atoms with van der Waals surface area (Å²) < 4.78 is 26.6. The molecule has 96 valence electrons. The minimum absolute atomic E-state index is 0.227. The van der Waals surface area contributed by atoms with Crippen molar-refractivity contribution in [2.24, 2.45) is 0 Å². The van der Waals surface area contributed by atoms with Gasteiger partial charge in [0.2, 0.25) is 10.0 Å². The van der Waals surface area contributed by atoms with E-state index in [9.17, 15) is 8.42 Å². The molecule has 0 aliphatic heterocycles. The van der Waals surface area contributed by atoms with Gasteiger partial charge in [-0.25, -0.2) is 13.1 Å². The van der Waals surface area contributed by atoms with Crippen LogP contribution in [0.3, 0.4) is 0 Å². The highest BCUT2D eigenvalue weighted by atomic mass is 35.5. The molecule has 0 bridgehead atoms. The van der Waals surface area contributed by atoms with Crippen molar-refractivity contribution in [3.8, 4) is 0 Å². The van der Waals surface area contributed by atoms with Crippen LogP contribution in [0.2, 0.25) is 0 Å². The maximum Gasteiger partial charge on any atom is 0.240 e. The molecule has 0 spiro atoms. The maximum atomic E-state index is 12.0. The third-order valence-electron chi connectivity index (χ3n) is 2.28. The summed E-state index contributed by atoms with van der Waals surface area (Å²) in [5.74, 6) is 0.290. The molecule has 1 N–H and O–H groups in total.